The maximum atomic E-state index is 12.4. The van der Waals surface area contributed by atoms with Crippen LogP contribution >= 0.6 is 0 Å². The molecule has 2 aromatic carbocycles. The molecule has 0 unspecified atom stereocenters. The Bertz CT molecular complexity index is 734. The van der Waals surface area contributed by atoms with Gasteiger partial charge in [-0.15, -0.1) is 0 Å². The van der Waals surface area contributed by atoms with Crippen LogP contribution in [-0.2, 0) is 13.1 Å². The Morgan fingerprint density at radius 3 is 2.48 bits per heavy atom. The molecule has 1 heterocycles. The van der Waals surface area contributed by atoms with Crippen LogP contribution in [0.15, 0.2) is 48.5 Å². The monoisotopic (exact) mass is 366 g/mol. The summed E-state index contributed by atoms with van der Waals surface area (Å²) in [6.45, 7) is 8.82. The number of rotatable bonds is 8. The first-order valence-corrected chi connectivity index (χ1v) is 9.91. The molecule has 3 rings (SSSR count). The van der Waals surface area contributed by atoms with E-state index in [-0.39, 0.29) is 5.91 Å². The second-order valence-electron chi connectivity index (χ2n) is 7.72. The summed E-state index contributed by atoms with van der Waals surface area (Å²) in [6.07, 6.45) is 2.63. The van der Waals surface area contributed by atoms with Crippen molar-refractivity contribution in [2.45, 2.75) is 39.8 Å². The fraction of sp³-hybridized carbons (Fsp3) is 0.435. The van der Waals surface area contributed by atoms with Crippen molar-refractivity contribution in [2.24, 2.45) is 5.92 Å². The average molecular weight is 367 g/mol. The van der Waals surface area contributed by atoms with Crippen LogP contribution in [0.2, 0.25) is 0 Å². The molecule has 0 atom stereocenters. The minimum absolute atomic E-state index is 0.0776. The zero-order valence-corrected chi connectivity index (χ0v) is 16.4. The van der Waals surface area contributed by atoms with E-state index in [0.29, 0.717) is 24.6 Å². The second-order valence-corrected chi connectivity index (χ2v) is 7.72. The van der Waals surface area contributed by atoms with Crippen LogP contribution in [0.4, 0.5) is 0 Å². The van der Waals surface area contributed by atoms with E-state index in [0.717, 1.165) is 17.9 Å². The summed E-state index contributed by atoms with van der Waals surface area (Å²) in [7, 11) is 0. The van der Waals surface area contributed by atoms with E-state index in [1.165, 1.54) is 31.5 Å². The number of carbonyl (C=O) groups excluding carboxylic acids is 1. The maximum Gasteiger partial charge on any atom is 0.251 e. The van der Waals surface area contributed by atoms with Gasteiger partial charge in [-0.05, 0) is 61.2 Å². The zero-order valence-electron chi connectivity index (χ0n) is 16.4. The normalized spacial score (nSPS) is 14.5. The van der Waals surface area contributed by atoms with E-state index in [4.69, 9.17) is 4.74 Å². The smallest absolute Gasteiger partial charge is 0.251 e. The summed E-state index contributed by atoms with van der Waals surface area (Å²) in [6, 6.07) is 15.9. The van der Waals surface area contributed by atoms with E-state index >= 15 is 0 Å². The van der Waals surface area contributed by atoms with Crippen LogP contribution in [0.25, 0.3) is 0 Å². The topological polar surface area (TPSA) is 41.6 Å². The highest BCUT2D eigenvalue weighted by atomic mass is 16.5. The van der Waals surface area contributed by atoms with Crippen molar-refractivity contribution in [3.05, 3.63) is 65.2 Å². The van der Waals surface area contributed by atoms with Gasteiger partial charge in [0.1, 0.15) is 5.75 Å². The van der Waals surface area contributed by atoms with Crippen LogP contribution in [0.3, 0.4) is 0 Å². The zero-order chi connectivity index (χ0) is 19.1. The van der Waals surface area contributed by atoms with Crippen LogP contribution in [0.1, 0.15) is 48.2 Å². The Kier molecular flexibility index (Phi) is 6.88. The minimum Gasteiger partial charge on any atom is -0.493 e. The van der Waals surface area contributed by atoms with Crippen LogP contribution in [-0.4, -0.2) is 30.5 Å². The summed E-state index contributed by atoms with van der Waals surface area (Å²) >= 11 is 0. The number of amides is 1. The molecular weight excluding hydrogens is 336 g/mol. The third-order valence-electron chi connectivity index (χ3n) is 4.76. The van der Waals surface area contributed by atoms with Crippen molar-refractivity contribution in [2.75, 3.05) is 19.7 Å². The molecule has 1 saturated heterocycles. The molecule has 0 bridgehead atoms. The van der Waals surface area contributed by atoms with Gasteiger partial charge in [0, 0.05) is 18.7 Å². The first kappa shape index (κ1) is 19.4. The van der Waals surface area contributed by atoms with E-state index in [1.54, 1.807) is 6.07 Å². The van der Waals surface area contributed by atoms with E-state index < -0.39 is 0 Å². The molecule has 0 saturated carbocycles. The molecule has 144 valence electrons. The third kappa shape index (κ3) is 6.10. The van der Waals surface area contributed by atoms with Gasteiger partial charge >= 0.3 is 0 Å². The first-order chi connectivity index (χ1) is 13.1. The predicted molar refractivity (Wildman–Crippen MR) is 109 cm³/mol. The van der Waals surface area contributed by atoms with Crippen molar-refractivity contribution in [3.8, 4) is 5.75 Å². The standard InChI is InChI=1S/C23H30N2O2/c1-18(2)17-27-22-7-5-6-21(14-22)23(26)24-15-19-8-10-20(11-9-19)16-25-12-3-4-13-25/h5-11,14,18H,3-4,12-13,15-17H2,1-2H3,(H,24,26). The highest BCUT2D eigenvalue weighted by Gasteiger charge is 2.11. The fourth-order valence-electron chi connectivity index (χ4n) is 3.24. The van der Waals surface area contributed by atoms with Gasteiger partial charge < -0.3 is 10.1 Å². The Labute approximate surface area is 162 Å². The molecule has 1 aliphatic rings. The van der Waals surface area contributed by atoms with Crippen molar-refractivity contribution >= 4 is 5.91 Å². The lowest BCUT2D eigenvalue weighted by Gasteiger charge is -2.14. The Morgan fingerprint density at radius 2 is 1.78 bits per heavy atom. The molecule has 0 aliphatic carbocycles. The van der Waals surface area contributed by atoms with E-state index in [1.807, 2.05) is 18.2 Å². The molecule has 4 heteroatoms. The number of carbonyl (C=O) groups is 1. The summed E-state index contributed by atoms with van der Waals surface area (Å²) < 4.78 is 5.70. The van der Waals surface area contributed by atoms with Crippen molar-refractivity contribution in [1.29, 1.82) is 0 Å². The van der Waals surface area contributed by atoms with Gasteiger partial charge in [0.15, 0.2) is 0 Å². The summed E-state index contributed by atoms with van der Waals surface area (Å²) in [5.74, 6) is 1.12. The van der Waals surface area contributed by atoms with E-state index in [2.05, 4.69) is 48.3 Å². The Morgan fingerprint density at radius 1 is 1.07 bits per heavy atom. The van der Waals surface area contributed by atoms with Crippen LogP contribution in [0.5, 0.6) is 5.75 Å². The molecule has 0 aromatic heterocycles. The lowest BCUT2D eigenvalue weighted by molar-refractivity contribution is 0.0950. The van der Waals surface area contributed by atoms with Gasteiger partial charge in [0.25, 0.3) is 5.91 Å². The SMILES string of the molecule is CC(C)COc1cccc(C(=O)NCc2ccc(CN3CCCC3)cc2)c1. The highest BCUT2D eigenvalue weighted by Crippen LogP contribution is 2.15. The van der Waals surface area contributed by atoms with Gasteiger partial charge in [-0.3, -0.25) is 9.69 Å². The number of likely N-dealkylation sites (tertiary alicyclic amines) is 1. The molecule has 4 nitrogen and oxygen atoms in total. The summed E-state index contributed by atoms with van der Waals surface area (Å²) in [5.41, 5.74) is 3.07. The van der Waals surface area contributed by atoms with Crippen LogP contribution < -0.4 is 10.1 Å². The average Bonchev–Trinajstić information content (AvgIpc) is 3.19. The van der Waals surface area contributed by atoms with Gasteiger partial charge in [0.05, 0.1) is 6.61 Å². The molecular formula is C23H30N2O2. The fourth-order valence-corrected chi connectivity index (χ4v) is 3.24. The largest absolute Gasteiger partial charge is 0.493 e. The Balaban J connectivity index is 1.50. The number of hydrogen-bond donors (Lipinski definition) is 1. The highest BCUT2D eigenvalue weighted by molar-refractivity contribution is 5.94. The number of ether oxygens (including phenoxy) is 1. The molecule has 0 spiro atoms. The maximum absolute atomic E-state index is 12.4. The van der Waals surface area contributed by atoms with Gasteiger partial charge in [-0.2, -0.15) is 0 Å². The number of nitrogens with one attached hydrogen (secondary N) is 1. The number of nitrogens with zero attached hydrogens (tertiary/aromatic N) is 1. The lowest BCUT2D eigenvalue weighted by atomic mass is 10.1. The van der Waals surface area contributed by atoms with Crippen molar-refractivity contribution in [1.82, 2.24) is 10.2 Å². The molecule has 1 aliphatic heterocycles. The van der Waals surface area contributed by atoms with E-state index in [9.17, 15) is 4.79 Å². The Hall–Kier alpha value is -2.33. The predicted octanol–water partition coefficient (Wildman–Crippen LogP) is 4.25. The molecule has 1 amide bonds. The molecule has 0 radical (unpaired) electrons. The second kappa shape index (κ2) is 9.56. The first-order valence-electron chi connectivity index (χ1n) is 9.91. The third-order valence-corrected chi connectivity index (χ3v) is 4.76. The lowest BCUT2D eigenvalue weighted by Crippen LogP contribution is -2.23. The molecule has 27 heavy (non-hydrogen) atoms. The van der Waals surface area contributed by atoms with Crippen molar-refractivity contribution < 1.29 is 9.53 Å². The van der Waals surface area contributed by atoms with Gasteiger partial charge in [-0.25, -0.2) is 0 Å². The molecule has 2 aromatic rings. The van der Waals surface area contributed by atoms with Gasteiger partial charge in [-0.1, -0.05) is 44.2 Å². The van der Waals surface area contributed by atoms with Crippen LogP contribution in [0, 0.1) is 5.92 Å². The number of benzene rings is 2. The molecule has 1 N–H and O–H groups in total. The molecule has 1 fully saturated rings. The number of hydrogen-bond acceptors (Lipinski definition) is 3. The minimum atomic E-state index is -0.0776. The summed E-state index contributed by atoms with van der Waals surface area (Å²) in [4.78, 5) is 14.9. The van der Waals surface area contributed by atoms with Gasteiger partial charge in [0.2, 0.25) is 0 Å². The quantitative estimate of drug-likeness (QED) is 0.759. The van der Waals surface area contributed by atoms with Crippen molar-refractivity contribution in [3.63, 3.8) is 0 Å². The summed E-state index contributed by atoms with van der Waals surface area (Å²) in [5, 5.41) is 3.00.